The molecule has 5 nitrogen and oxygen atoms in total. The quantitative estimate of drug-likeness (QED) is 0.795. The molecule has 2 heterocycles. The molecule has 2 saturated heterocycles. The monoisotopic (exact) mass is 270 g/mol. The highest BCUT2D eigenvalue weighted by molar-refractivity contribution is 5.80. The van der Waals surface area contributed by atoms with Gasteiger partial charge in [-0.2, -0.15) is 0 Å². The zero-order chi connectivity index (χ0) is 14.0. The minimum atomic E-state index is -0.000563. The smallest absolute Gasteiger partial charge is 0.228 e. The zero-order valence-electron chi connectivity index (χ0n) is 12.2. The van der Waals surface area contributed by atoms with Gasteiger partial charge in [-0.15, -0.1) is 0 Å². The summed E-state index contributed by atoms with van der Waals surface area (Å²) in [6.07, 6.45) is 0.188. The first-order chi connectivity index (χ1) is 9.04. The first-order valence-corrected chi connectivity index (χ1v) is 7.32. The lowest BCUT2D eigenvalue weighted by molar-refractivity contribution is -0.139. The molecule has 1 N–H and O–H groups in total. The van der Waals surface area contributed by atoms with Gasteiger partial charge in [0.25, 0.3) is 0 Å². The molecule has 19 heavy (non-hydrogen) atoms. The Morgan fingerprint density at radius 3 is 2.26 bits per heavy atom. The van der Waals surface area contributed by atoms with Crippen molar-refractivity contribution in [2.45, 2.75) is 33.0 Å². The molecule has 4 atom stereocenters. The number of aliphatic hydroxyl groups excluding tert-OH is 1. The van der Waals surface area contributed by atoms with E-state index >= 15 is 0 Å². The van der Waals surface area contributed by atoms with Gasteiger partial charge in [0, 0.05) is 32.7 Å². The maximum atomic E-state index is 12.6. The average molecular weight is 270 g/mol. The Labute approximate surface area is 115 Å². The molecular formula is C14H26N2O3. The maximum absolute atomic E-state index is 12.6. The Hall–Kier alpha value is -0.650. The van der Waals surface area contributed by atoms with Crippen LogP contribution in [-0.2, 0) is 9.53 Å². The molecule has 0 bridgehead atoms. The zero-order valence-corrected chi connectivity index (χ0v) is 12.2. The molecule has 2 aliphatic rings. The molecule has 4 unspecified atom stereocenters. The predicted molar refractivity (Wildman–Crippen MR) is 72.8 cm³/mol. The summed E-state index contributed by atoms with van der Waals surface area (Å²) in [6, 6.07) is 0. The summed E-state index contributed by atoms with van der Waals surface area (Å²) < 4.78 is 5.77. The lowest BCUT2D eigenvalue weighted by atomic mass is 9.88. The molecule has 0 aliphatic carbocycles. The molecular weight excluding hydrogens is 244 g/mol. The molecule has 0 aromatic rings. The van der Waals surface area contributed by atoms with Crippen LogP contribution >= 0.6 is 0 Å². The van der Waals surface area contributed by atoms with Crippen molar-refractivity contribution in [2.24, 2.45) is 11.8 Å². The Kier molecular flexibility index (Phi) is 4.81. The van der Waals surface area contributed by atoms with E-state index in [2.05, 4.69) is 11.8 Å². The van der Waals surface area contributed by atoms with Crippen molar-refractivity contribution in [3.05, 3.63) is 0 Å². The number of carbonyl (C=O) groups is 1. The van der Waals surface area contributed by atoms with Crippen LogP contribution in [0.3, 0.4) is 0 Å². The average Bonchev–Trinajstić information content (AvgIpc) is 2.64. The van der Waals surface area contributed by atoms with E-state index in [-0.39, 0.29) is 36.6 Å². The summed E-state index contributed by atoms with van der Waals surface area (Å²) in [6.45, 7) is 10.3. The van der Waals surface area contributed by atoms with Gasteiger partial charge in [-0.05, 0) is 19.8 Å². The summed E-state index contributed by atoms with van der Waals surface area (Å²) in [4.78, 5) is 16.8. The molecule has 0 aromatic carbocycles. The molecule has 110 valence electrons. The lowest BCUT2D eigenvalue weighted by Crippen LogP contribution is -2.52. The summed E-state index contributed by atoms with van der Waals surface area (Å²) in [5.74, 6) is 0.533. The van der Waals surface area contributed by atoms with Crippen molar-refractivity contribution >= 4 is 5.91 Å². The van der Waals surface area contributed by atoms with E-state index in [1.54, 1.807) is 0 Å². The Balaban J connectivity index is 1.91. The highest BCUT2D eigenvalue weighted by atomic mass is 16.5. The predicted octanol–water partition coefficient (Wildman–Crippen LogP) is 0.182. The van der Waals surface area contributed by atoms with E-state index < -0.39 is 0 Å². The Morgan fingerprint density at radius 1 is 1.16 bits per heavy atom. The van der Waals surface area contributed by atoms with Crippen LogP contribution in [0, 0.1) is 11.8 Å². The third kappa shape index (κ3) is 3.09. The Morgan fingerprint density at radius 2 is 1.79 bits per heavy atom. The van der Waals surface area contributed by atoms with Gasteiger partial charge in [-0.3, -0.25) is 9.69 Å². The minimum absolute atomic E-state index is 0.000563. The number of amides is 1. The van der Waals surface area contributed by atoms with Crippen LogP contribution < -0.4 is 0 Å². The summed E-state index contributed by atoms with van der Waals surface area (Å²) in [5.41, 5.74) is 0. The van der Waals surface area contributed by atoms with Gasteiger partial charge in [0.2, 0.25) is 5.91 Å². The summed E-state index contributed by atoms with van der Waals surface area (Å²) in [7, 11) is 0. The number of hydrogen-bond acceptors (Lipinski definition) is 4. The van der Waals surface area contributed by atoms with Gasteiger partial charge in [0.15, 0.2) is 0 Å². The third-order valence-electron chi connectivity index (χ3n) is 4.63. The number of carbonyl (C=O) groups excluding carboxylic acids is 1. The van der Waals surface area contributed by atoms with Gasteiger partial charge >= 0.3 is 0 Å². The van der Waals surface area contributed by atoms with Crippen LogP contribution in [0.15, 0.2) is 0 Å². The normalized spacial score (nSPS) is 36.7. The molecule has 0 saturated carbocycles. The molecule has 0 aromatic heterocycles. The number of piperazine rings is 1. The van der Waals surface area contributed by atoms with Crippen LogP contribution in [0.4, 0.5) is 0 Å². The highest BCUT2D eigenvalue weighted by Gasteiger charge is 2.43. The molecule has 0 spiro atoms. The van der Waals surface area contributed by atoms with Gasteiger partial charge < -0.3 is 14.7 Å². The van der Waals surface area contributed by atoms with Crippen molar-refractivity contribution in [3.8, 4) is 0 Å². The van der Waals surface area contributed by atoms with E-state index in [0.717, 1.165) is 26.2 Å². The van der Waals surface area contributed by atoms with Crippen molar-refractivity contribution in [2.75, 3.05) is 39.3 Å². The molecule has 5 heteroatoms. The fourth-order valence-electron chi connectivity index (χ4n) is 3.24. The van der Waals surface area contributed by atoms with Gasteiger partial charge in [0.05, 0.1) is 24.7 Å². The lowest BCUT2D eigenvalue weighted by Gasteiger charge is -2.36. The van der Waals surface area contributed by atoms with Crippen molar-refractivity contribution in [3.63, 3.8) is 0 Å². The van der Waals surface area contributed by atoms with E-state index in [0.29, 0.717) is 6.54 Å². The topological polar surface area (TPSA) is 53.0 Å². The molecule has 2 fully saturated rings. The Bertz CT molecular complexity index is 316. The second-order valence-corrected chi connectivity index (χ2v) is 5.82. The number of aliphatic hydroxyl groups is 1. The van der Waals surface area contributed by atoms with Crippen molar-refractivity contribution < 1.29 is 14.6 Å². The van der Waals surface area contributed by atoms with Crippen LogP contribution in [0.5, 0.6) is 0 Å². The van der Waals surface area contributed by atoms with Gasteiger partial charge in [-0.1, -0.05) is 6.92 Å². The second kappa shape index (κ2) is 6.20. The van der Waals surface area contributed by atoms with E-state index in [1.165, 1.54) is 0 Å². The SMILES string of the molecule is CC1OC(C)C(C(=O)N2CCN(CCO)CC2)C1C. The number of nitrogens with zero attached hydrogens (tertiary/aromatic N) is 2. The van der Waals surface area contributed by atoms with Crippen LogP contribution in [0.25, 0.3) is 0 Å². The highest BCUT2D eigenvalue weighted by Crippen LogP contribution is 2.33. The van der Waals surface area contributed by atoms with Crippen LogP contribution in [0.2, 0.25) is 0 Å². The van der Waals surface area contributed by atoms with Gasteiger partial charge in [0.1, 0.15) is 0 Å². The molecule has 2 rings (SSSR count). The fraction of sp³-hybridized carbons (Fsp3) is 0.929. The van der Waals surface area contributed by atoms with E-state index in [4.69, 9.17) is 9.84 Å². The number of ether oxygens (including phenoxy) is 1. The van der Waals surface area contributed by atoms with Crippen molar-refractivity contribution in [1.29, 1.82) is 0 Å². The molecule has 2 aliphatic heterocycles. The minimum Gasteiger partial charge on any atom is -0.395 e. The summed E-state index contributed by atoms with van der Waals surface area (Å²) >= 11 is 0. The summed E-state index contributed by atoms with van der Waals surface area (Å²) in [5, 5.41) is 8.93. The molecule has 1 amide bonds. The van der Waals surface area contributed by atoms with Crippen LogP contribution in [0.1, 0.15) is 20.8 Å². The number of rotatable bonds is 3. The largest absolute Gasteiger partial charge is 0.395 e. The number of hydrogen-bond donors (Lipinski definition) is 1. The first kappa shape index (κ1) is 14.8. The van der Waals surface area contributed by atoms with E-state index in [1.807, 2.05) is 18.7 Å². The third-order valence-corrected chi connectivity index (χ3v) is 4.63. The number of β-amino-alcohol motifs (C(OH)–C–C–N with tert-alkyl or cyclic N) is 1. The standard InChI is InChI=1S/C14H26N2O3/c1-10-11(2)19-12(3)13(10)14(18)16-6-4-15(5-7-16)8-9-17/h10-13,17H,4-9H2,1-3H3. The van der Waals surface area contributed by atoms with Crippen LogP contribution in [-0.4, -0.2) is 72.4 Å². The molecule has 0 radical (unpaired) electrons. The second-order valence-electron chi connectivity index (χ2n) is 5.82. The first-order valence-electron chi connectivity index (χ1n) is 7.32. The van der Waals surface area contributed by atoms with Gasteiger partial charge in [-0.25, -0.2) is 0 Å². The fourth-order valence-corrected chi connectivity index (χ4v) is 3.24. The van der Waals surface area contributed by atoms with E-state index in [9.17, 15) is 4.79 Å². The van der Waals surface area contributed by atoms with Crippen molar-refractivity contribution in [1.82, 2.24) is 9.80 Å². The maximum Gasteiger partial charge on any atom is 0.228 e.